The van der Waals surface area contributed by atoms with E-state index in [2.05, 4.69) is 10.6 Å². The standard InChI is InChI=1S/C19H21FN2O3S/c1-12-5-7-14(26-12)8-10-17(23)21-16-11-13(20)6-9-15(16)22-18(24)25-19(2,3)4/h5-11H,1-4H3,(H,21,23)(H,22,24)/b10-8+. The third-order valence-electron chi connectivity index (χ3n) is 3.04. The third kappa shape index (κ3) is 6.33. The lowest BCUT2D eigenvalue weighted by Gasteiger charge is -2.20. The lowest BCUT2D eigenvalue weighted by atomic mass is 10.2. The fourth-order valence-corrected chi connectivity index (χ4v) is 2.80. The summed E-state index contributed by atoms with van der Waals surface area (Å²) in [6, 6.07) is 7.54. The SMILES string of the molecule is Cc1ccc(/C=C/C(=O)Nc2cc(F)ccc2NC(=O)OC(C)(C)C)s1. The number of thiophene rings is 1. The molecule has 2 amide bonds. The molecule has 5 nitrogen and oxygen atoms in total. The maximum absolute atomic E-state index is 13.5. The second-order valence-corrected chi connectivity index (χ2v) is 7.91. The highest BCUT2D eigenvalue weighted by Crippen LogP contribution is 2.24. The van der Waals surface area contributed by atoms with Gasteiger partial charge in [0.05, 0.1) is 11.4 Å². The van der Waals surface area contributed by atoms with Crippen LogP contribution in [0.5, 0.6) is 0 Å². The number of carbonyl (C=O) groups is 2. The molecule has 138 valence electrons. The minimum Gasteiger partial charge on any atom is -0.444 e. The van der Waals surface area contributed by atoms with Gasteiger partial charge in [0.15, 0.2) is 0 Å². The molecule has 2 N–H and O–H groups in total. The van der Waals surface area contributed by atoms with Gasteiger partial charge in [0, 0.05) is 15.8 Å². The van der Waals surface area contributed by atoms with Crippen LogP contribution in [0.3, 0.4) is 0 Å². The van der Waals surface area contributed by atoms with Crippen LogP contribution in [0.2, 0.25) is 0 Å². The lowest BCUT2D eigenvalue weighted by Crippen LogP contribution is -2.27. The van der Waals surface area contributed by atoms with E-state index in [0.717, 1.165) is 15.8 Å². The molecule has 0 fully saturated rings. The molecule has 0 aliphatic rings. The number of halogens is 1. The average Bonchev–Trinajstić information content (AvgIpc) is 2.92. The molecule has 7 heteroatoms. The molecule has 1 aromatic carbocycles. The van der Waals surface area contributed by atoms with Gasteiger partial charge in [-0.05, 0) is 64.1 Å². The molecule has 0 unspecified atom stereocenters. The van der Waals surface area contributed by atoms with E-state index in [4.69, 9.17) is 4.74 Å². The lowest BCUT2D eigenvalue weighted by molar-refractivity contribution is -0.111. The van der Waals surface area contributed by atoms with Crippen LogP contribution in [0.1, 0.15) is 30.5 Å². The minimum atomic E-state index is -0.691. The van der Waals surface area contributed by atoms with Crippen molar-refractivity contribution in [1.29, 1.82) is 0 Å². The predicted molar refractivity (Wildman–Crippen MR) is 103 cm³/mol. The fourth-order valence-electron chi connectivity index (χ4n) is 2.02. The summed E-state index contributed by atoms with van der Waals surface area (Å²) < 4.78 is 18.7. The quantitative estimate of drug-likeness (QED) is 0.721. The van der Waals surface area contributed by atoms with Gasteiger partial charge in [-0.25, -0.2) is 9.18 Å². The number of carbonyl (C=O) groups excluding carboxylic acids is 2. The molecule has 2 aromatic rings. The van der Waals surface area contributed by atoms with E-state index in [-0.39, 0.29) is 11.4 Å². The molecule has 0 radical (unpaired) electrons. The Hall–Kier alpha value is -2.67. The highest BCUT2D eigenvalue weighted by atomic mass is 32.1. The van der Waals surface area contributed by atoms with Gasteiger partial charge in [-0.3, -0.25) is 10.1 Å². The molecule has 2 rings (SSSR count). The third-order valence-corrected chi connectivity index (χ3v) is 4.00. The van der Waals surface area contributed by atoms with Gasteiger partial charge < -0.3 is 10.1 Å². The first-order valence-electron chi connectivity index (χ1n) is 7.97. The Labute approximate surface area is 155 Å². The van der Waals surface area contributed by atoms with Crippen LogP contribution in [-0.2, 0) is 9.53 Å². The summed E-state index contributed by atoms with van der Waals surface area (Å²) in [5.41, 5.74) is -0.281. The number of ether oxygens (including phenoxy) is 1. The molecule has 0 saturated heterocycles. The number of amides is 2. The van der Waals surface area contributed by atoms with Gasteiger partial charge in [-0.2, -0.15) is 0 Å². The number of hydrogen-bond donors (Lipinski definition) is 2. The molecule has 0 spiro atoms. The van der Waals surface area contributed by atoms with E-state index in [1.165, 1.54) is 18.2 Å². The van der Waals surface area contributed by atoms with E-state index in [9.17, 15) is 14.0 Å². The Balaban J connectivity index is 2.10. The van der Waals surface area contributed by atoms with Crippen molar-refractivity contribution in [3.63, 3.8) is 0 Å². The summed E-state index contributed by atoms with van der Waals surface area (Å²) in [5.74, 6) is -0.971. The molecule has 0 aliphatic carbocycles. The summed E-state index contributed by atoms with van der Waals surface area (Å²) in [5, 5.41) is 5.08. The Bertz CT molecular complexity index is 838. The Kier molecular flexibility index (Phi) is 6.15. The number of aryl methyl sites for hydroxylation is 1. The number of rotatable bonds is 4. The van der Waals surface area contributed by atoms with Crippen LogP contribution in [0.4, 0.5) is 20.6 Å². The van der Waals surface area contributed by atoms with E-state index in [1.54, 1.807) is 38.2 Å². The smallest absolute Gasteiger partial charge is 0.412 e. The Morgan fingerprint density at radius 1 is 1.12 bits per heavy atom. The van der Waals surface area contributed by atoms with Gasteiger partial charge in [0.1, 0.15) is 11.4 Å². The van der Waals surface area contributed by atoms with Crippen LogP contribution in [-0.4, -0.2) is 17.6 Å². The largest absolute Gasteiger partial charge is 0.444 e. The molecular weight excluding hydrogens is 355 g/mol. The fraction of sp³-hybridized carbons (Fsp3) is 0.263. The van der Waals surface area contributed by atoms with Crippen molar-refractivity contribution in [2.45, 2.75) is 33.3 Å². The molecular formula is C19H21FN2O3S. The van der Waals surface area contributed by atoms with Crippen molar-refractivity contribution in [3.8, 4) is 0 Å². The van der Waals surface area contributed by atoms with Crippen LogP contribution in [0.15, 0.2) is 36.4 Å². The first-order chi connectivity index (χ1) is 12.1. The van der Waals surface area contributed by atoms with E-state index >= 15 is 0 Å². The molecule has 1 aromatic heterocycles. The zero-order chi connectivity index (χ0) is 19.3. The number of benzene rings is 1. The van der Waals surface area contributed by atoms with Crippen molar-refractivity contribution in [2.75, 3.05) is 10.6 Å². The summed E-state index contributed by atoms with van der Waals surface area (Å²) in [4.78, 5) is 26.1. The summed E-state index contributed by atoms with van der Waals surface area (Å²) >= 11 is 1.55. The van der Waals surface area contributed by atoms with E-state index in [0.29, 0.717) is 0 Å². The summed E-state index contributed by atoms with van der Waals surface area (Å²) in [6.45, 7) is 7.18. The van der Waals surface area contributed by atoms with E-state index < -0.39 is 23.4 Å². The molecule has 0 bridgehead atoms. The Morgan fingerprint density at radius 2 is 1.85 bits per heavy atom. The zero-order valence-corrected chi connectivity index (χ0v) is 15.9. The molecule has 0 atom stereocenters. The van der Waals surface area contributed by atoms with Crippen molar-refractivity contribution in [3.05, 3.63) is 52.0 Å². The Morgan fingerprint density at radius 3 is 2.46 bits per heavy atom. The molecule has 26 heavy (non-hydrogen) atoms. The van der Waals surface area contributed by atoms with Crippen LogP contribution < -0.4 is 10.6 Å². The van der Waals surface area contributed by atoms with Crippen molar-refractivity contribution in [1.82, 2.24) is 0 Å². The molecule has 0 aliphatic heterocycles. The number of hydrogen-bond acceptors (Lipinski definition) is 4. The number of anilines is 2. The van der Waals surface area contributed by atoms with Gasteiger partial charge >= 0.3 is 6.09 Å². The second-order valence-electron chi connectivity index (χ2n) is 6.59. The van der Waals surface area contributed by atoms with Gasteiger partial charge in [-0.1, -0.05) is 0 Å². The van der Waals surface area contributed by atoms with Crippen molar-refractivity contribution < 1.29 is 18.7 Å². The first-order valence-corrected chi connectivity index (χ1v) is 8.79. The van der Waals surface area contributed by atoms with Crippen molar-refractivity contribution >= 4 is 40.8 Å². The second kappa shape index (κ2) is 8.14. The first kappa shape index (κ1) is 19.7. The zero-order valence-electron chi connectivity index (χ0n) is 15.1. The monoisotopic (exact) mass is 376 g/mol. The maximum atomic E-state index is 13.5. The average molecular weight is 376 g/mol. The van der Waals surface area contributed by atoms with Gasteiger partial charge in [-0.15, -0.1) is 11.3 Å². The molecule has 0 saturated carbocycles. The van der Waals surface area contributed by atoms with Gasteiger partial charge in [0.2, 0.25) is 5.91 Å². The normalized spacial score (nSPS) is 11.4. The number of nitrogens with one attached hydrogen (secondary N) is 2. The van der Waals surface area contributed by atoms with Crippen LogP contribution >= 0.6 is 11.3 Å². The maximum Gasteiger partial charge on any atom is 0.412 e. The van der Waals surface area contributed by atoms with Gasteiger partial charge in [0.25, 0.3) is 0 Å². The van der Waals surface area contributed by atoms with Crippen molar-refractivity contribution in [2.24, 2.45) is 0 Å². The molecule has 1 heterocycles. The van der Waals surface area contributed by atoms with E-state index in [1.807, 2.05) is 19.1 Å². The summed E-state index contributed by atoms with van der Waals surface area (Å²) in [7, 11) is 0. The minimum absolute atomic E-state index is 0.146. The highest BCUT2D eigenvalue weighted by molar-refractivity contribution is 7.12. The topological polar surface area (TPSA) is 67.4 Å². The highest BCUT2D eigenvalue weighted by Gasteiger charge is 2.17. The predicted octanol–water partition coefficient (Wildman–Crippen LogP) is 5.19. The van der Waals surface area contributed by atoms with Crippen LogP contribution in [0.25, 0.3) is 6.08 Å². The van der Waals surface area contributed by atoms with Crippen LogP contribution in [0, 0.1) is 12.7 Å². The summed E-state index contributed by atoms with van der Waals surface area (Å²) in [6.07, 6.45) is 2.34.